The Morgan fingerprint density at radius 1 is 1.36 bits per heavy atom. The third kappa shape index (κ3) is 3.88. The van der Waals surface area contributed by atoms with E-state index in [1.54, 1.807) is 25.6 Å². The van der Waals surface area contributed by atoms with Gasteiger partial charge < -0.3 is 15.2 Å². The van der Waals surface area contributed by atoms with Gasteiger partial charge >= 0.3 is 0 Å². The zero-order valence-electron chi connectivity index (χ0n) is 14.5. The number of imidazole rings is 1. The molecule has 2 aromatic rings. The number of carbonyl (C=O) groups is 2. The van der Waals surface area contributed by atoms with Gasteiger partial charge in [-0.1, -0.05) is 12.1 Å². The summed E-state index contributed by atoms with van der Waals surface area (Å²) in [4.78, 5) is 35.5. The van der Waals surface area contributed by atoms with Gasteiger partial charge in [-0.3, -0.25) is 14.5 Å². The molecule has 0 unspecified atom stereocenters. The fourth-order valence-electron chi connectivity index (χ4n) is 3.15. The van der Waals surface area contributed by atoms with Crippen LogP contribution in [-0.2, 0) is 11.2 Å². The number of carbonyl (C=O) groups excluding carboxylic acids is 2. The smallest absolute Gasteiger partial charge is 0.251 e. The first-order valence-electron chi connectivity index (χ1n) is 8.36. The molecule has 0 aliphatic carbocycles. The summed E-state index contributed by atoms with van der Waals surface area (Å²) in [6.45, 7) is 2.11. The van der Waals surface area contributed by atoms with Crippen LogP contribution in [0.15, 0.2) is 36.8 Å². The van der Waals surface area contributed by atoms with Gasteiger partial charge in [-0.2, -0.15) is 0 Å². The Morgan fingerprint density at radius 2 is 2.20 bits per heavy atom. The average Bonchev–Trinajstić information content (AvgIpc) is 3.14. The number of rotatable bonds is 4. The van der Waals surface area contributed by atoms with E-state index in [2.05, 4.69) is 20.2 Å². The predicted octanol–water partition coefficient (Wildman–Crippen LogP) is 0.827. The molecule has 3 rings (SSSR count). The van der Waals surface area contributed by atoms with E-state index in [4.69, 9.17) is 0 Å². The minimum atomic E-state index is -0.104. The highest BCUT2D eigenvalue weighted by Gasteiger charge is 2.28. The lowest BCUT2D eigenvalue weighted by atomic mass is 10.00. The van der Waals surface area contributed by atoms with Crippen LogP contribution in [0.25, 0.3) is 0 Å². The molecule has 0 saturated carbocycles. The van der Waals surface area contributed by atoms with Crippen molar-refractivity contribution >= 4 is 11.8 Å². The van der Waals surface area contributed by atoms with Crippen LogP contribution in [0.3, 0.4) is 0 Å². The Bertz CT molecular complexity index is 744. The fourth-order valence-corrected chi connectivity index (χ4v) is 3.15. The lowest BCUT2D eigenvalue weighted by Gasteiger charge is -2.39. The minimum Gasteiger partial charge on any atom is -0.355 e. The number of piperazine rings is 1. The van der Waals surface area contributed by atoms with Gasteiger partial charge in [-0.15, -0.1) is 0 Å². The Hall–Kier alpha value is -2.67. The van der Waals surface area contributed by atoms with Gasteiger partial charge in [0.1, 0.15) is 0 Å². The number of hydrogen-bond donors (Lipinski definition) is 2. The zero-order chi connectivity index (χ0) is 17.8. The van der Waals surface area contributed by atoms with Crippen molar-refractivity contribution in [3.63, 3.8) is 0 Å². The second-order valence-corrected chi connectivity index (χ2v) is 6.29. The van der Waals surface area contributed by atoms with Crippen LogP contribution in [0.5, 0.6) is 0 Å². The molecule has 132 valence electrons. The number of nitrogens with zero attached hydrogens (tertiary/aromatic N) is 3. The summed E-state index contributed by atoms with van der Waals surface area (Å²) in [6.07, 6.45) is 3.59. The normalized spacial score (nSPS) is 18.2. The SMILES string of the molecule is CNC(=O)c1cccc([C@H]2CN(C(=O)Cc3cnc[nH]3)CCN2C)c1. The van der Waals surface area contributed by atoms with Gasteiger partial charge in [0.15, 0.2) is 0 Å². The summed E-state index contributed by atoms with van der Waals surface area (Å²) in [7, 11) is 3.67. The third-order valence-electron chi connectivity index (χ3n) is 4.66. The van der Waals surface area contributed by atoms with Gasteiger partial charge in [0.05, 0.1) is 18.8 Å². The molecule has 1 aromatic heterocycles. The Morgan fingerprint density at radius 3 is 2.92 bits per heavy atom. The molecule has 1 aromatic carbocycles. The lowest BCUT2D eigenvalue weighted by Crippen LogP contribution is -2.49. The quantitative estimate of drug-likeness (QED) is 0.863. The standard InChI is InChI=1S/C18H23N5O2/c1-19-18(25)14-5-3-4-13(8-14)16-11-23(7-6-22(16)2)17(24)9-15-10-20-12-21-15/h3-5,8,10,12,16H,6-7,9,11H2,1-2H3,(H,19,25)(H,20,21)/t16-/m1/s1. The molecule has 1 aliphatic heterocycles. The Balaban J connectivity index is 1.74. The van der Waals surface area contributed by atoms with E-state index >= 15 is 0 Å². The molecule has 2 heterocycles. The molecule has 0 spiro atoms. The first-order chi connectivity index (χ1) is 12.1. The van der Waals surface area contributed by atoms with E-state index in [-0.39, 0.29) is 17.9 Å². The van der Waals surface area contributed by atoms with E-state index in [0.717, 1.165) is 17.8 Å². The molecule has 0 radical (unpaired) electrons. The lowest BCUT2D eigenvalue weighted by molar-refractivity contribution is -0.133. The van der Waals surface area contributed by atoms with Crippen LogP contribution in [-0.4, -0.2) is 65.3 Å². The van der Waals surface area contributed by atoms with Crippen LogP contribution in [0.4, 0.5) is 0 Å². The maximum atomic E-state index is 12.6. The van der Waals surface area contributed by atoms with Gasteiger partial charge in [-0.05, 0) is 24.7 Å². The van der Waals surface area contributed by atoms with Crippen LogP contribution in [0.2, 0.25) is 0 Å². The molecular formula is C18H23N5O2. The first-order valence-corrected chi connectivity index (χ1v) is 8.36. The highest BCUT2D eigenvalue weighted by molar-refractivity contribution is 5.94. The van der Waals surface area contributed by atoms with Crippen molar-refractivity contribution in [2.75, 3.05) is 33.7 Å². The summed E-state index contributed by atoms with van der Waals surface area (Å²) in [5.41, 5.74) is 2.50. The number of nitrogens with one attached hydrogen (secondary N) is 2. The molecule has 7 heteroatoms. The summed E-state index contributed by atoms with van der Waals surface area (Å²) < 4.78 is 0. The summed E-state index contributed by atoms with van der Waals surface area (Å²) in [5.74, 6) is -0.0164. The van der Waals surface area contributed by atoms with Crippen molar-refractivity contribution in [1.29, 1.82) is 0 Å². The van der Waals surface area contributed by atoms with E-state index in [9.17, 15) is 9.59 Å². The maximum absolute atomic E-state index is 12.6. The molecule has 2 N–H and O–H groups in total. The van der Waals surface area contributed by atoms with Crippen molar-refractivity contribution in [1.82, 2.24) is 25.1 Å². The predicted molar refractivity (Wildman–Crippen MR) is 94.1 cm³/mol. The van der Waals surface area contributed by atoms with Crippen molar-refractivity contribution < 1.29 is 9.59 Å². The fraction of sp³-hybridized carbons (Fsp3) is 0.389. The number of amides is 2. The molecule has 1 aliphatic rings. The van der Waals surface area contributed by atoms with E-state index in [1.807, 2.05) is 30.1 Å². The summed E-state index contributed by atoms with van der Waals surface area (Å²) in [5, 5.41) is 2.65. The van der Waals surface area contributed by atoms with E-state index in [0.29, 0.717) is 25.1 Å². The van der Waals surface area contributed by atoms with Crippen LogP contribution < -0.4 is 5.32 Å². The van der Waals surface area contributed by atoms with Crippen LogP contribution in [0.1, 0.15) is 27.7 Å². The largest absolute Gasteiger partial charge is 0.355 e. The molecule has 1 fully saturated rings. The number of hydrogen-bond acceptors (Lipinski definition) is 4. The molecule has 7 nitrogen and oxygen atoms in total. The van der Waals surface area contributed by atoms with E-state index < -0.39 is 0 Å². The van der Waals surface area contributed by atoms with Gasteiger partial charge in [-0.25, -0.2) is 4.98 Å². The summed E-state index contributed by atoms with van der Waals surface area (Å²) >= 11 is 0. The molecular weight excluding hydrogens is 318 g/mol. The number of aromatic amines is 1. The highest BCUT2D eigenvalue weighted by atomic mass is 16.2. The zero-order valence-corrected chi connectivity index (χ0v) is 14.5. The topological polar surface area (TPSA) is 81.3 Å². The first kappa shape index (κ1) is 17.2. The van der Waals surface area contributed by atoms with E-state index in [1.165, 1.54) is 0 Å². The number of benzene rings is 1. The Kier molecular flexibility index (Phi) is 5.14. The van der Waals surface area contributed by atoms with Crippen LogP contribution in [0, 0.1) is 0 Å². The van der Waals surface area contributed by atoms with Crippen LogP contribution >= 0.6 is 0 Å². The molecule has 1 atom stereocenters. The van der Waals surface area contributed by atoms with Crippen molar-refractivity contribution in [2.24, 2.45) is 0 Å². The van der Waals surface area contributed by atoms with Gasteiger partial charge in [0, 0.05) is 44.1 Å². The van der Waals surface area contributed by atoms with Gasteiger partial charge in [0.25, 0.3) is 5.91 Å². The second-order valence-electron chi connectivity index (χ2n) is 6.29. The monoisotopic (exact) mass is 341 g/mol. The van der Waals surface area contributed by atoms with Crippen molar-refractivity contribution in [3.05, 3.63) is 53.6 Å². The number of H-pyrrole nitrogens is 1. The molecule has 0 bridgehead atoms. The number of aromatic nitrogens is 2. The molecule has 2 amide bonds. The molecule has 25 heavy (non-hydrogen) atoms. The third-order valence-corrected chi connectivity index (χ3v) is 4.66. The Labute approximate surface area is 147 Å². The second kappa shape index (κ2) is 7.48. The number of likely N-dealkylation sites (N-methyl/N-ethyl adjacent to an activating group) is 1. The molecule has 1 saturated heterocycles. The van der Waals surface area contributed by atoms with Gasteiger partial charge in [0.2, 0.25) is 5.91 Å². The maximum Gasteiger partial charge on any atom is 0.251 e. The van der Waals surface area contributed by atoms with Crippen molar-refractivity contribution in [3.8, 4) is 0 Å². The summed E-state index contributed by atoms with van der Waals surface area (Å²) in [6, 6.07) is 7.68. The minimum absolute atomic E-state index is 0.0732. The van der Waals surface area contributed by atoms with Crippen molar-refractivity contribution in [2.45, 2.75) is 12.5 Å². The average molecular weight is 341 g/mol. The highest BCUT2D eigenvalue weighted by Crippen LogP contribution is 2.25.